The molecule has 0 radical (unpaired) electrons. The van der Waals surface area contributed by atoms with E-state index in [1.807, 2.05) is 0 Å². The van der Waals surface area contributed by atoms with E-state index in [1.54, 1.807) is 24.3 Å². The third-order valence-electron chi connectivity index (χ3n) is 3.35. The molecule has 19 heavy (non-hydrogen) atoms. The standard InChI is InChI=1S/C15H23NO3/c1-4-12(2)16(3)9-6-10-19-14-8-5-7-13(11-14)15(17)18/h5,7-8,11-12H,4,6,9-10H2,1-3H3,(H,17,18). The van der Waals surface area contributed by atoms with E-state index in [2.05, 4.69) is 25.8 Å². The third kappa shape index (κ3) is 5.30. The highest BCUT2D eigenvalue weighted by Crippen LogP contribution is 2.13. The fourth-order valence-electron chi connectivity index (χ4n) is 1.75. The maximum atomic E-state index is 10.8. The fraction of sp³-hybridized carbons (Fsp3) is 0.533. The van der Waals surface area contributed by atoms with Crippen molar-refractivity contribution in [1.29, 1.82) is 0 Å². The number of hydrogen-bond acceptors (Lipinski definition) is 3. The smallest absolute Gasteiger partial charge is 0.335 e. The lowest BCUT2D eigenvalue weighted by Gasteiger charge is -2.23. The molecule has 0 aliphatic rings. The predicted octanol–water partition coefficient (Wildman–Crippen LogP) is 2.88. The summed E-state index contributed by atoms with van der Waals surface area (Å²) in [6, 6.07) is 7.18. The Morgan fingerprint density at radius 1 is 1.47 bits per heavy atom. The molecule has 4 heteroatoms. The number of benzene rings is 1. The summed E-state index contributed by atoms with van der Waals surface area (Å²) in [5.41, 5.74) is 0.259. The van der Waals surface area contributed by atoms with E-state index in [9.17, 15) is 4.79 Å². The monoisotopic (exact) mass is 265 g/mol. The third-order valence-corrected chi connectivity index (χ3v) is 3.35. The van der Waals surface area contributed by atoms with Gasteiger partial charge in [0.1, 0.15) is 5.75 Å². The minimum atomic E-state index is -0.929. The fourth-order valence-corrected chi connectivity index (χ4v) is 1.75. The van der Waals surface area contributed by atoms with Gasteiger partial charge in [-0.1, -0.05) is 13.0 Å². The molecule has 0 aliphatic heterocycles. The van der Waals surface area contributed by atoms with Crippen LogP contribution in [0.3, 0.4) is 0 Å². The number of carboxylic acid groups (broad SMARTS) is 1. The van der Waals surface area contributed by atoms with E-state index < -0.39 is 5.97 Å². The van der Waals surface area contributed by atoms with E-state index in [-0.39, 0.29) is 5.56 Å². The summed E-state index contributed by atoms with van der Waals surface area (Å²) in [5, 5.41) is 8.88. The molecular formula is C15H23NO3. The predicted molar refractivity (Wildman–Crippen MR) is 75.9 cm³/mol. The topological polar surface area (TPSA) is 49.8 Å². The number of carboxylic acids is 1. The van der Waals surface area contributed by atoms with Crippen LogP contribution in [0, 0.1) is 0 Å². The molecular weight excluding hydrogens is 242 g/mol. The van der Waals surface area contributed by atoms with Crippen molar-refractivity contribution in [2.45, 2.75) is 32.7 Å². The van der Waals surface area contributed by atoms with Gasteiger partial charge in [-0.05, 0) is 45.0 Å². The lowest BCUT2D eigenvalue weighted by molar-refractivity contribution is 0.0696. The van der Waals surface area contributed by atoms with E-state index >= 15 is 0 Å². The van der Waals surface area contributed by atoms with Crippen LogP contribution in [0.25, 0.3) is 0 Å². The van der Waals surface area contributed by atoms with Crippen molar-refractivity contribution in [3.05, 3.63) is 29.8 Å². The molecule has 1 atom stereocenters. The number of ether oxygens (including phenoxy) is 1. The Morgan fingerprint density at radius 2 is 2.21 bits per heavy atom. The average Bonchev–Trinajstić information content (AvgIpc) is 2.42. The van der Waals surface area contributed by atoms with Crippen molar-refractivity contribution in [2.75, 3.05) is 20.2 Å². The molecule has 0 heterocycles. The van der Waals surface area contributed by atoms with Gasteiger partial charge in [0, 0.05) is 12.6 Å². The molecule has 1 N–H and O–H groups in total. The molecule has 1 aromatic carbocycles. The summed E-state index contributed by atoms with van der Waals surface area (Å²) in [6.45, 7) is 5.96. The van der Waals surface area contributed by atoms with Crippen LogP contribution in [-0.2, 0) is 0 Å². The van der Waals surface area contributed by atoms with Crippen LogP contribution in [0.1, 0.15) is 37.0 Å². The van der Waals surface area contributed by atoms with Gasteiger partial charge in [0.25, 0.3) is 0 Å². The first-order chi connectivity index (χ1) is 9.04. The summed E-state index contributed by atoms with van der Waals surface area (Å²) < 4.78 is 5.57. The molecule has 0 bridgehead atoms. The summed E-state index contributed by atoms with van der Waals surface area (Å²) >= 11 is 0. The highest BCUT2D eigenvalue weighted by Gasteiger charge is 2.06. The molecule has 0 saturated heterocycles. The molecule has 1 aromatic rings. The number of aromatic carboxylic acids is 1. The Hall–Kier alpha value is -1.55. The van der Waals surface area contributed by atoms with Gasteiger partial charge < -0.3 is 14.7 Å². The van der Waals surface area contributed by atoms with Crippen LogP contribution in [0.5, 0.6) is 5.75 Å². The molecule has 4 nitrogen and oxygen atoms in total. The Bertz CT molecular complexity index is 406. The SMILES string of the molecule is CCC(C)N(C)CCCOc1cccc(C(=O)O)c1. The molecule has 1 unspecified atom stereocenters. The van der Waals surface area contributed by atoms with Gasteiger partial charge >= 0.3 is 5.97 Å². The minimum absolute atomic E-state index is 0.259. The zero-order valence-electron chi connectivity index (χ0n) is 11.9. The number of carbonyl (C=O) groups is 1. The molecule has 0 saturated carbocycles. The second kappa shape index (κ2) is 7.79. The summed E-state index contributed by atoms with van der Waals surface area (Å²) in [4.78, 5) is 13.1. The van der Waals surface area contributed by atoms with Crippen molar-refractivity contribution in [1.82, 2.24) is 4.90 Å². The summed E-state index contributed by atoms with van der Waals surface area (Å²) in [7, 11) is 2.11. The molecule has 0 spiro atoms. The van der Waals surface area contributed by atoms with Crippen LogP contribution in [0.2, 0.25) is 0 Å². The van der Waals surface area contributed by atoms with E-state index in [4.69, 9.17) is 9.84 Å². The lowest BCUT2D eigenvalue weighted by Crippen LogP contribution is -2.30. The van der Waals surface area contributed by atoms with Crippen molar-refractivity contribution >= 4 is 5.97 Å². The number of hydrogen-bond donors (Lipinski definition) is 1. The lowest BCUT2D eigenvalue weighted by atomic mass is 10.2. The zero-order valence-corrected chi connectivity index (χ0v) is 11.9. The molecule has 0 amide bonds. The Morgan fingerprint density at radius 3 is 2.84 bits per heavy atom. The Labute approximate surface area is 115 Å². The number of nitrogens with zero attached hydrogens (tertiary/aromatic N) is 1. The van der Waals surface area contributed by atoms with Crippen LogP contribution in [0.4, 0.5) is 0 Å². The van der Waals surface area contributed by atoms with Gasteiger partial charge in [-0.25, -0.2) is 4.79 Å². The van der Waals surface area contributed by atoms with Crippen LogP contribution >= 0.6 is 0 Å². The Kier molecular flexibility index (Phi) is 6.36. The molecule has 0 aromatic heterocycles. The van der Waals surface area contributed by atoms with Crippen molar-refractivity contribution in [2.24, 2.45) is 0 Å². The van der Waals surface area contributed by atoms with Crippen molar-refractivity contribution < 1.29 is 14.6 Å². The van der Waals surface area contributed by atoms with Crippen LogP contribution in [0.15, 0.2) is 24.3 Å². The van der Waals surface area contributed by atoms with Crippen LogP contribution in [-0.4, -0.2) is 42.2 Å². The van der Waals surface area contributed by atoms with Gasteiger partial charge in [-0.2, -0.15) is 0 Å². The minimum Gasteiger partial charge on any atom is -0.494 e. The van der Waals surface area contributed by atoms with Crippen molar-refractivity contribution in [3.8, 4) is 5.75 Å². The highest BCUT2D eigenvalue weighted by molar-refractivity contribution is 5.87. The molecule has 0 aliphatic carbocycles. The largest absolute Gasteiger partial charge is 0.494 e. The highest BCUT2D eigenvalue weighted by atomic mass is 16.5. The summed E-state index contributed by atoms with van der Waals surface area (Å²) in [5.74, 6) is -0.312. The maximum absolute atomic E-state index is 10.8. The van der Waals surface area contributed by atoms with Crippen LogP contribution < -0.4 is 4.74 Å². The van der Waals surface area contributed by atoms with Crippen molar-refractivity contribution in [3.63, 3.8) is 0 Å². The maximum Gasteiger partial charge on any atom is 0.335 e. The zero-order chi connectivity index (χ0) is 14.3. The molecule has 1 rings (SSSR count). The van der Waals surface area contributed by atoms with Gasteiger partial charge in [0.05, 0.1) is 12.2 Å². The second-order valence-electron chi connectivity index (χ2n) is 4.77. The van der Waals surface area contributed by atoms with Gasteiger partial charge in [0.2, 0.25) is 0 Å². The average molecular weight is 265 g/mol. The molecule has 106 valence electrons. The first-order valence-electron chi connectivity index (χ1n) is 6.71. The summed E-state index contributed by atoms with van der Waals surface area (Å²) in [6.07, 6.45) is 2.07. The van der Waals surface area contributed by atoms with E-state index in [1.165, 1.54) is 0 Å². The first-order valence-corrected chi connectivity index (χ1v) is 6.71. The van der Waals surface area contributed by atoms with Gasteiger partial charge in [0.15, 0.2) is 0 Å². The number of rotatable bonds is 8. The quantitative estimate of drug-likeness (QED) is 0.734. The second-order valence-corrected chi connectivity index (χ2v) is 4.77. The van der Waals surface area contributed by atoms with E-state index in [0.29, 0.717) is 18.4 Å². The Balaban J connectivity index is 2.33. The first kappa shape index (κ1) is 15.5. The molecule has 0 fully saturated rings. The normalized spacial score (nSPS) is 12.4. The van der Waals surface area contributed by atoms with Gasteiger partial charge in [-0.15, -0.1) is 0 Å². The van der Waals surface area contributed by atoms with E-state index in [0.717, 1.165) is 19.4 Å². The van der Waals surface area contributed by atoms with Gasteiger partial charge in [-0.3, -0.25) is 0 Å².